The monoisotopic (exact) mass is 295 g/mol. The maximum absolute atomic E-state index is 11.9. The third kappa shape index (κ3) is 4.20. The summed E-state index contributed by atoms with van der Waals surface area (Å²) >= 11 is 0. The first-order valence-corrected chi connectivity index (χ1v) is 8.24. The molecule has 1 rings (SSSR count). The molecule has 4 nitrogen and oxygen atoms in total. The number of amides is 1. The molecule has 0 saturated carbocycles. The molecule has 1 aromatic carbocycles. The van der Waals surface area contributed by atoms with Crippen LogP contribution >= 0.6 is 0 Å². The van der Waals surface area contributed by atoms with Gasteiger partial charge in [-0.05, 0) is 38.5 Å². The minimum absolute atomic E-state index is 0.0651. The fraction of sp³-hybridized carbons (Fsp3) is 0.400. The van der Waals surface area contributed by atoms with Gasteiger partial charge >= 0.3 is 0 Å². The smallest absolute Gasteiger partial charge is 0.246 e. The highest BCUT2D eigenvalue weighted by Gasteiger charge is 2.16. The van der Waals surface area contributed by atoms with Gasteiger partial charge < -0.3 is 4.90 Å². The molecule has 5 heteroatoms. The lowest BCUT2D eigenvalue weighted by Gasteiger charge is -2.24. The first-order valence-electron chi connectivity index (χ1n) is 6.34. The number of hydrogen-bond acceptors (Lipinski definition) is 3. The van der Waals surface area contributed by atoms with Gasteiger partial charge in [0.05, 0.1) is 10.9 Å². The molecule has 1 amide bonds. The van der Waals surface area contributed by atoms with Crippen LogP contribution in [0.4, 0.5) is 0 Å². The van der Waals surface area contributed by atoms with E-state index in [0.29, 0.717) is 0 Å². The van der Waals surface area contributed by atoms with Gasteiger partial charge in [-0.1, -0.05) is 17.7 Å². The molecule has 0 bridgehead atoms. The van der Waals surface area contributed by atoms with Gasteiger partial charge in [0, 0.05) is 19.4 Å². The third-order valence-electron chi connectivity index (χ3n) is 3.13. The van der Waals surface area contributed by atoms with Gasteiger partial charge in [-0.15, -0.1) is 0 Å². The normalized spacial score (nSPS) is 12.7. The van der Waals surface area contributed by atoms with E-state index in [1.807, 2.05) is 20.8 Å². The van der Waals surface area contributed by atoms with Gasteiger partial charge in [-0.3, -0.25) is 4.79 Å². The van der Waals surface area contributed by atoms with Gasteiger partial charge in [0.15, 0.2) is 9.84 Å². The van der Waals surface area contributed by atoms with Crippen LogP contribution in [0.5, 0.6) is 0 Å². The molecule has 1 aromatic rings. The van der Waals surface area contributed by atoms with Crippen LogP contribution in [0.3, 0.4) is 0 Å². The van der Waals surface area contributed by atoms with Crippen LogP contribution in [0, 0.1) is 0 Å². The summed E-state index contributed by atoms with van der Waals surface area (Å²) in [5.74, 6) is -0.0651. The highest BCUT2D eigenvalue weighted by molar-refractivity contribution is 7.90. The lowest BCUT2D eigenvalue weighted by atomic mass is 10.1. The number of hydrogen-bond donors (Lipinski definition) is 0. The van der Waals surface area contributed by atoms with Gasteiger partial charge in [0.25, 0.3) is 0 Å². The summed E-state index contributed by atoms with van der Waals surface area (Å²) < 4.78 is 22.8. The Morgan fingerprint density at radius 1 is 1.20 bits per heavy atom. The molecule has 0 heterocycles. The molecule has 0 N–H and O–H groups in total. The van der Waals surface area contributed by atoms with Crippen molar-refractivity contribution in [3.8, 4) is 0 Å². The van der Waals surface area contributed by atoms with Gasteiger partial charge in [0.2, 0.25) is 5.91 Å². The molecule has 0 aliphatic carbocycles. The van der Waals surface area contributed by atoms with Crippen LogP contribution in [-0.4, -0.2) is 32.5 Å². The highest BCUT2D eigenvalue weighted by atomic mass is 32.2. The van der Waals surface area contributed by atoms with Crippen molar-refractivity contribution >= 4 is 15.7 Å². The van der Waals surface area contributed by atoms with E-state index < -0.39 is 9.84 Å². The standard InChI is InChI=1S/C15H21NO3S/c1-11(2)10-15(17)16(4)12(3)13-6-8-14(9-7-13)20(5,18)19/h6-10,12H,1-5H3. The Morgan fingerprint density at radius 2 is 1.70 bits per heavy atom. The maximum atomic E-state index is 11.9. The van der Waals surface area contributed by atoms with E-state index in [4.69, 9.17) is 0 Å². The molecule has 110 valence electrons. The van der Waals surface area contributed by atoms with Crippen LogP contribution < -0.4 is 0 Å². The Hall–Kier alpha value is -1.62. The molecule has 0 radical (unpaired) electrons. The first-order chi connectivity index (χ1) is 9.12. The number of benzene rings is 1. The van der Waals surface area contributed by atoms with Crippen molar-refractivity contribution in [2.45, 2.75) is 31.7 Å². The summed E-state index contributed by atoms with van der Waals surface area (Å²) in [6, 6.07) is 6.51. The predicted molar refractivity (Wildman–Crippen MR) is 80.2 cm³/mol. The van der Waals surface area contributed by atoms with Gasteiger partial charge in [-0.25, -0.2) is 8.42 Å². The number of carbonyl (C=O) groups excluding carboxylic acids is 1. The van der Waals surface area contributed by atoms with Gasteiger partial charge in [0.1, 0.15) is 0 Å². The maximum Gasteiger partial charge on any atom is 0.246 e. The van der Waals surface area contributed by atoms with Crippen LogP contribution in [0.25, 0.3) is 0 Å². The molecular weight excluding hydrogens is 274 g/mol. The topological polar surface area (TPSA) is 54.5 Å². The van der Waals surface area contributed by atoms with E-state index >= 15 is 0 Å². The van der Waals surface area contributed by atoms with E-state index in [1.54, 1.807) is 42.3 Å². The summed E-state index contributed by atoms with van der Waals surface area (Å²) in [5.41, 5.74) is 1.84. The van der Waals surface area contributed by atoms with Crippen LogP contribution in [0.15, 0.2) is 40.8 Å². The Kier molecular flexibility index (Phi) is 5.11. The van der Waals surface area contributed by atoms with Crippen LogP contribution in [0.1, 0.15) is 32.4 Å². The number of carbonyl (C=O) groups is 1. The second-order valence-electron chi connectivity index (χ2n) is 5.19. The van der Waals surface area contributed by atoms with E-state index in [0.717, 1.165) is 11.1 Å². The van der Waals surface area contributed by atoms with Crippen molar-refractivity contribution in [1.29, 1.82) is 0 Å². The Morgan fingerprint density at radius 3 is 2.10 bits per heavy atom. The zero-order chi connectivity index (χ0) is 15.5. The molecule has 1 unspecified atom stereocenters. The summed E-state index contributed by atoms with van der Waals surface area (Å²) in [6.07, 6.45) is 2.76. The Balaban J connectivity index is 2.96. The predicted octanol–water partition coefficient (Wildman–Crippen LogP) is 2.58. The van der Waals surface area contributed by atoms with E-state index in [2.05, 4.69) is 0 Å². The van der Waals surface area contributed by atoms with Crippen molar-refractivity contribution < 1.29 is 13.2 Å². The zero-order valence-electron chi connectivity index (χ0n) is 12.5. The lowest BCUT2D eigenvalue weighted by molar-refractivity contribution is -0.126. The fourth-order valence-corrected chi connectivity index (χ4v) is 2.39. The fourth-order valence-electron chi connectivity index (χ4n) is 1.76. The second kappa shape index (κ2) is 6.22. The molecule has 0 spiro atoms. The number of rotatable bonds is 4. The minimum Gasteiger partial charge on any atom is -0.335 e. The summed E-state index contributed by atoms with van der Waals surface area (Å²) in [7, 11) is -1.45. The highest BCUT2D eigenvalue weighted by Crippen LogP contribution is 2.21. The Labute approximate surface area is 121 Å². The van der Waals surface area contributed by atoms with E-state index in [-0.39, 0.29) is 16.8 Å². The molecule has 0 saturated heterocycles. The zero-order valence-corrected chi connectivity index (χ0v) is 13.4. The molecular formula is C15H21NO3S. The molecule has 20 heavy (non-hydrogen) atoms. The van der Waals surface area contributed by atoms with Crippen molar-refractivity contribution in [1.82, 2.24) is 4.90 Å². The number of nitrogens with zero attached hydrogens (tertiary/aromatic N) is 1. The minimum atomic E-state index is -3.19. The molecule has 0 fully saturated rings. The summed E-state index contributed by atoms with van der Waals surface area (Å²) in [5, 5.41) is 0. The average Bonchev–Trinajstić information content (AvgIpc) is 2.35. The molecule has 0 aromatic heterocycles. The Bertz CT molecular complexity index is 611. The van der Waals surface area contributed by atoms with E-state index in [1.165, 1.54) is 6.26 Å². The lowest BCUT2D eigenvalue weighted by Crippen LogP contribution is -2.28. The summed E-state index contributed by atoms with van der Waals surface area (Å²) in [4.78, 5) is 13.9. The largest absolute Gasteiger partial charge is 0.335 e. The summed E-state index contributed by atoms with van der Waals surface area (Å²) in [6.45, 7) is 5.65. The quantitative estimate of drug-likeness (QED) is 0.802. The first kappa shape index (κ1) is 16.4. The average molecular weight is 295 g/mol. The van der Waals surface area contributed by atoms with Crippen molar-refractivity contribution in [3.05, 3.63) is 41.5 Å². The van der Waals surface area contributed by atoms with Crippen LogP contribution in [-0.2, 0) is 14.6 Å². The number of likely N-dealkylation sites (N-methyl/N-ethyl adjacent to an activating group) is 1. The molecule has 0 aliphatic rings. The van der Waals surface area contributed by atoms with Crippen molar-refractivity contribution in [2.75, 3.05) is 13.3 Å². The molecule has 0 aliphatic heterocycles. The van der Waals surface area contributed by atoms with Gasteiger partial charge in [-0.2, -0.15) is 0 Å². The number of sulfone groups is 1. The van der Waals surface area contributed by atoms with E-state index in [9.17, 15) is 13.2 Å². The van der Waals surface area contributed by atoms with Crippen molar-refractivity contribution in [3.63, 3.8) is 0 Å². The van der Waals surface area contributed by atoms with Crippen molar-refractivity contribution in [2.24, 2.45) is 0 Å². The number of allylic oxidation sites excluding steroid dienone is 1. The second-order valence-corrected chi connectivity index (χ2v) is 7.20. The molecule has 1 atom stereocenters. The third-order valence-corrected chi connectivity index (χ3v) is 4.26. The SMILES string of the molecule is CC(C)=CC(=O)N(C)C(C)c1ccc(S(C)(=O)=O)cc1. The van der Waals surface area contributed by atoms with Crippen LogP contribution in [0.2, 0.25) is 0 Å².